The van der Waals surface area contributed by atoms with Crippen LogP contribution in [0.25, 0.3) is 0 Å². The average Bonchev–Trinajstić information content (AvgIpc) is 2.93. The summed E-state index contributed by atoms with van der Waals surface area (Å²) in [6.07, 6.45) is 2.56. The Balaban J connectivity index is 1.82. The molecule has 2 aromatic rings. The third-order valence-corrected chi connectivity index (χ3v) is 3.48. The molecule has 100 valence electrons. The van der Waals surface area contributed by atoms with Crippen LogP contribution in [0.1, 0.15) is 22.3 Å². The number of anilines is 1. The van der Waals surface area contributed by atoms with E-state index in [2.05, 4.69) is 15.6 Å². The lowest BCUT2D eigenvalue weighted by molar-refractivity contribution is 0.0954. The Hall–Kier alpha value is -1.88. The van der Waals surface area contributed by atoms with Crippen molar-refractivity contribution in [2.75, 3.05) is 18.4 Å². The highest BCUT2D eigenvalue weighted by atomic mass is 32.1. The van der Waals surface area contributed by atoms with E-state index in [1.54, 1.807) is 17.5 Å². The monoisotopic (exact) mass is 275 g/mol. The summed E-state index contributed by atoms with van der Waals surface area (Å²) in [5.74, 6) is -0.0420. The third kappa shape index (κ3) is 4.06. The molecule has 0 bridgehead atoms. The summed E-state index contributed by atoms with van der Waals surface area (Å²) in [7, 11) is 0. The lowest BCUT2D eigenvalue weighted by Crippen LogP contribution is -2.25. The molecule has 0 atom stereocenters. The highest BCUT2D eigenvalue weighted by molar-refractivity contribution is 7.09. The zero-order valence-corrected chi connectivity index (χ0v) is 11.7. The Morgan fingerprint density at radius 1 is 1.32 bits per heavy atom. The van der Waals surface area contributed by atoms with Gasteiger partial charge < -0.3 is 10.6 Å². The van der Waals surface area contributed by atoms with E-state index < -0.39 is 0 Å². The van der Waals surface area contributed by atoms with E-state index in [0.29, 0.717) is 12.1 Å². The maximum absolute atomic E-state index is 11.9. The fourth-order valence-corrected chi connectivity index (χ4v) is 2.33. The topological polar surface area (TPSA) is 54.0 Å². The Morgan fingerprint density at radius 3 is 2.74 bits per heavy atom. The predicted octanol–water partition coefficient (Wildman–Crippen LogP) is 2.55. The molecule has 0 unspecified atom stereocenters. The average molecular weight is 275 g/mol. The van der Waals surface area contributed by atoms with E-state index in [1.165, 1.54) is 0 Å². The van der Waals surface area contributed by atoms with Crippen molar-refractivity contribution in [1.82, 2.24) is 10.3 Å². The van der Waals surface area contributed by atoms with Crippen molar-refractivity contribution in [3.05, 3.63) is 46.4 Å². The maximum atomic E-state index is 11.9. The van der Waals surface area contributed by atoms with Crippen molar-refractivity contribution in [2.45, 2.75) is 13.3 Å². The summed E-state index contributed by atoms with van der Waals surface area (Å²) in [6, 6.07) is 7.49. The van der Waals surface area contributed by atoms with Crippen LogP contribution in [0.4, 0.5) is 5.69 Å². The minimum Gasteiger partial charge on any atom is -0.385 e. The second-order valence-electron chi connectivity index (χ2n) is 4.04. The van der Waals surface area contributed by atoms with Crippen molar-refractivity contribution in [3.8, 4) is 0 Å². The summed E-state index contributed by atoms with van der Waals surface area (Å²) in [4.78, 5) is 16.1. The van der Waals surface area contributed by atoms with Gasteiger partial charge in [-0.3, -0.25) is 4.79 Å². The van der Waals surface area contributed by atoms with Crippen LogP contribution in [0.15, 0.2) is 35.8 Å². The molecule has 1 heterocycles. The lowest BCUT2D eigenvalue weighted by atomic mass is 10.2. The molecular weight excluding hydrogens is 258 g/mol. The molecular formula is C14H17N3OS. The number of nitrogens with zero attached hydrogens (tertiary/aromatic N) is 1. The van der Waals surface area contributed by atoms with E-state index in [0.717, 1.165) is 23.7 Å². The van der Waals surface area contributed by atoms with Gasteiger partial charge in [0.05, 0.1) is 5.01 Å². The van der Waals surface area contributed by atoms with Crippen LogP contribution in [0.5, 0.6) is 0 Å². The predicted molar refractivity (Wildman–Crippen MR) is 78.8 cm³/mol. The Morgan fingerprint density at radius 2 is 2.11 bits per heavy atom. The zero-order valence-electron chi connectivity index (χ0n) is 10.8. The molecule has 4 nitrogen and oxygen atoms in total. The normalized spacial score (nSPS) is 10.2. The first-order chi connectivity index (χ1) is 9.29. The molecule has 0 aliphatic carbocycles. The van der Waals surface area contributed by atoms with E-state index in [-0.39, 0.29) is 5.91 Å². The van der Waals surface area contributed by atoms with Crippen LogP contribution in [0.2, 0.25) is 0 Å². The molecule has 2 N–H and O–H groups in total. The van der Waals surface area contributed by atoms with E-state index in [4.69, 9.17) is 0 Å². The molecule has 0 spiro atoms. The van der Waals surface area contributed by atoms with Crippen molar-refractivity contribution in [3.63, 3.8) is 0 Å². The van der Waals surface area contributed by atoms with E-state index >= 15 is 0 Å². The highest BCUT2D eigenvalue weighted by Crippen LogP contribution is 2.09. The minimum atomic E-state index is -0.0420. The largest absolute Gasteiger partial charge is 0.385 e. The number of carbonyl (C=O) groups is 1. The van der Waals surface area contributed by atoms with Crippen LogP contribution in [0, 0.1) is 0 Å². The first kappa shape index (κ1) is 13.5. The van der Waals surface area contributed by atoms with Crippen LogP contribution in [-0.2, 0) is 6.42 Å². The van der Waals surface area contributed by atoms with Gasteiger partial charge in [0.2, 0.25) is 0 Å². The number of hydrogen-bond donors (Lipinski definition) is 2. The number of carbonyl (C=O) groups excluding carboxylic acids is 1. The molecule has 19 heavy (non-hydrogen) atoms. The minimum absolute atomic E-state index is 0.0420. The van der Waals surface area contributed by atoms with E-state index in [9.17, 15) is 4.79 Å². The van der Waals surface area contributed by atoms with Crippen molar-refractivity contribution >= 4 is 22.9 Å². The second-order valence-corrected chi connectivity index (χ2v) is 5.02. The van der Waals surface area contributed by atoms with E-state index in [1.807, 2.05) is 36.6 Å². The summed E-state index contributed by atoms with van der Waals surface area (Å²) in [5.41, 5.74) is 1.71. The van der Waals surface area contributed by atoms with Gasteiger partial charge in [-0.05, 0) is 31.2 Å². The number of benzene rings is 1. The van der Waals surface area contributed by atoms with Crippen LogP contribution < -0.4 is 10.6 Å². The van der Waals surface area contributed by atoms with Gasteiger partial charge in [0.1, 0.15) is 0 Å². The summed E-state index contributed by atoms with van der Waals surface area (Å²) in [6.45, 7) is 3.53. The fourth-order valence-electron chi connectivity index (χ4n) is 1.71. The molecule has 0 fully saturated rings. The molecule has 0 saturated carbocycles. The van der Waals surface area contributed by atoms with Gasteiger partial charge in [-0.15, -0.1) is 11.3 Å². The van der Waals surface area contributed by atoms with Crippen LogP contribution in [0.3, 0.4) is 0 Å². The van der Waals surface area contributed by atoms with Gasteiger partial charge in [0.15, 0.2) is 0 Å². The molecule has 0 saturated heterocycles. The van der Waals surface area contributed by atoms with Gasteiger partial charge in [0.25, 0.3) is 5.91 Å². The lowest BCUT2D eigenvalue weighted by Gasteiger charge is -2.06. The number of thiazole rings is 1. The number of hydrogen-bond acceptors (Lipinski definition) is 4. The van der Waals surface area contributed by atoms with Crippen molar-refractivity contribution < 1.29 is 4.79 Å². The van der Waals surface area contributed by atoms with Gasteiger partial charge in [0, 0.05) is 42.3 Å². The molecule has 1 aromatic heterocycles. The first-order valence-electron chi connectivity index (χ1n) is 6.30. The van der Waals surface area contributed by atoms with Gasteiger partial charge in [-0.2, -0.15) is 0 Å². The van der Waals surface area contributed by atoms with Gasteiger partial charge in [-0.1, -0.05) is 0 Å². The summed E-state index contributed by atoms with van der Waals surface area (Å²) >= 11 is 1.61. The molecule has 0 aliphatic heterocycles. The SMILES string of the molecule is CCNc1ccc(C(=O)NCCc2nccs2)cc1. The van der Waals surface area contributed by atoms with Crippen molar-refractivity contribution in [1.29, 1.82) is 0 Å². The highest BCUT2D eigenvalue weighted by Gasteiger charge is 2.05. The quantitative estimate of drug-likeness (QED) is 0.852. The number of rotatable bonds is 6. The summed E-state index contributed by atoms with van der Waals surface area (Å²) in [5, 5.41) is 9.08. The summed E-state index contributed by atoms with van der Waals surface area (Å²) < 4.78 is 0. The van der Waals surface area contributed by atoms with Crippen LogP contribution in [-0.4, -0.2) is 24.0 Å². The van der Waals surface area contributed by atoms with Gasteiger partial charge >= 0.3 is 0 Å². The Labute approximate surface area is 116 Å². The zero-order chi connectivity index (χ0) is 13.5. The smallest absolute Gasteiger partial charge is 0.251 e. The standard InChI is InChI=1S/C14H17N3OS/c1-2-15-12-5-3-11(4-6-12)14(18)17-8-7-13-16-9-10-19-13/h3-6,9-10,15H,2,7-8H2,1H3,(H,17,18). The molecule has 0 aliphatic rings. The number of nitrogens with one attached hydrogen (secondary N) is 2. The first-order valence-corrected chi connectivity index (χ1v) is 7.18. The molecule has 1 amide bonds. The third-order valence-electron chi connectivity index (χ3n) is 2.64. The van der Waals surface area contributed by atoms with Crippen molar-refractivity contribution in [2.24, 2.45) is 0 Å². The fraction of sp³-hybridized carbons (Fsp3) is 0.286. The molecule has 2 rings (SSSR count). The number of aromatic nitrogens is 1. The maximum Gasteiger partial charge on any atom is 0.251 e. The van der Waals surface area contributed by atoms with Gasteiger partial charge in [-0.25, -0.2) is 4.98 Å². The molecule has 5 heteroatoms. The molecule has 0 radical (unpaired) electrons. The Kier molecular flexibility index (Phi) is 4.92. The molecule has 1 aromatic carbocycles. The second kappa shape index (κ2) is 6.89. The number of amides is 1. The Bertz CT molecular complexity index is 508. The van der Waals surface area contributed by atoms with Crippen LogP contribution >= 0.6 is 11.3 Å².